The maximum absolute atomic E-state index is 10.7. The molecule has 1 aromatic carbocycles. The van der Waals surface area contributed by atoms with Crippen LogP contribution < -0.4 is 0 Å². The Bertz CT molecular complexity index is 583. The molecule has 1 aromatic heterocycles. The van der Waals surface area contributed by atoms with E-state index in [1.807, 2.05) is 36.2 Å². The van der Waals surface area contributed by atoms with Crippen molar-refractivity contribution in [2.24, 2.45) is 0 Å². The number of halogens is 1. The van der Waals surface area contributed by atoms with E-state index in [1.54, 1.807) is 0 Å². The molecule has 0 aliphatic carbocycles. The van der Waals surface area contributed by atoms with Gasteiger partial charge >= 0.3 is 5.97 Å². The first-order valence-corrected chi connectivity index (χ1v) is 6.04. The van der Waals surface area contributed by atoms with Crippen LogP contribution in [0.25, 0.3) is 0 Å². The third-order valence-corrected chi connectivity index (χ3v) is 2.78. The fraction of sp³-hybridized carbons (Fsp3) is 0.231. The normalized spacial score (nSPS) is 10.9. The summed E-state index contributed by atoms with van der Waals surface area (Å²) in [4.78, 5) is 12.7. The molecule has 0 bridgehead atoms. The molecule has 1 N–H and O–H groups in total. The number of carboxylic acids is 1. The molecule has 100 valence electrons. The van der Waals surface area contributed by atoms with Gasteiger partial charge in [-0.1, -0.05) is 28.9 Å². The van der Waals surface area contributed by atoms with E-state index in [-0.39, 0.29) is 5.69 Å². The molecule has 0 aliphatic heterocycles. The van der Waals surface area contributed by atoms with Gasteiger partial charge in [-0.2, -0.15) is 0 Å². The third kappa shape index (κ3) is 3.81. The molecule has 0 saturated heterocycles. The Balaban J connectivity index is 1.97. The van der Waals surface area contributed by atoms with Crippen LogP contribution in [0.15, 0.2) is 34.9 Å². The Labute approximate surface area is 115 Å². The van der Waals surface area contributed by atoms with E-state index in [2.05, 4.69) is 5.16 Å². The number of carboxylic acid groups (broad SMARTS) is 1. The number of rotatable bonds is 5. The van der Waals surface area contributed by atoms with Crippen LogP contribution in [0.4, 0.5) is 0 Å². The third-order valence-electron chi connectivity index (χ3n) is 2.55. The summed E-state index contributed by atoms with van der Waals surface area (Å²) in [6, 6.07) is 9.01. The fourth-order valence-corrected chi connectivity index (χ4v) is 1.97. The van der Waals surface area contributed by atoms with Gasteiger partial charge in [-0.15, -0.1) is 0 Å². The average Bonchev–Trinajstić information content (AvgIpc) is 2.77. The Kier molecular flexibility index (Phi) is 4.19. The standard InChI is InChI=1S/C13H13ClN2O3/c1-16(7-9-3-2-4-10(14)5-9)8-11-6-12(13(17)18)15-19-11/h2-6H,7-8H2,1H3,(H,17,18). The van der Waals surface area contributed by atoms with Gasteiger partial charge in [0.2, 0.25) is 0 Å². The molecule has 2 aromatic rings. The summed E-state index contributed by atoms with van der Waals surface area (Å²) in [5, 5.41) is 12.9. The molecule has 0 aliphatic rings. The average molecular weight is 281 g/mol. The molecule has 2 rings (SSSR count). The van der Waals surface area contributed by atoms with Gasteiger partial charge in [0.1, 0.15) is 0 Å². The monoisotopic (exact) mass is 280 g/mol. The number of hydrogen-bond acceptors (Lipinski definition) is 4. The van der Waals surface area contributed by atoms with Crippen molar-refractivity contribution in [2.45, 2.75) is 13.1 Å². The van der Waals surface area contributed by atoms with Gasteiger partial charge in [0.05, 0.1) is 6.54 Å². The highest BCUT2D eigenvalue weighted by Gasteiger charge is 2.12. The predicted molar refractivity (Wildman–Crippen MR) is 70.1 cm³/mol. The van der Waals surface area contributed by atoms with E-state index in [0.717, 1.165) is 5.56 Å². The highest BCUT2D eigenvalue weighted by molar-refractivity contribution is 6.30. The molecule has 0 unspecified atom stereocenters. The van der Waals surface area contributed by atoms with E-state index in [4.69, 9.17) is 21.2 Å². The molecule has 5 nitrogen and oxygen atoms in total. The first kappa shape index (κ1) is 13.6. The first-order valence-electron chi connectivity index (χ1n) is 5.66. The predicted octanol–water partition coefficient (Wildman–Crippen LogP) is 2.66. The van der Waals surface area contributed by atoms with Gasteiger partial charge in [0.25, 0.3) is 0 Å². The largest absolute Gasteiger partial charge is 0.476 e. The van der Waals surface area contributed by atoms with Gasteiger partial charge in [-0.05, 0) is 24.7 Å². The summed E-state index contributed by atoms with van der Waals surface area (Å²) in [6.45, 7) is 1.16. The van der Waals surface area contributed by atoms with E-state index < -0.39 is 5.97 Å². The van der Waals surface area contributed by atoms with Crippen LogP contribution in [0.2, 0.25) is 5.02 Å². The van der Waals surface area contributed by atoms with Gasteiger partial charge in [0.15, 0.2) is 11.5 Å². The van der Waals surface area contributed by atoms with Crippen molar-refractivity contribution in [1.82, 2.24) is 10.1 Å². The minimum atomic E-state index is -1.09. The Morgan fingerprint density at radius 3 is 2.84 bits per heavy atom. The Hall–Kier alpha value is -1.85. The van der Waals surface area contributed by atoms with Crippen molar-refractivity contribution in [3.05, 3.63) is 52.4 Å². The lowest BCUT2D eigenvalue weighted by molar-refractivity contribution is 0.0685. The molecule has 0 atom stereocenters. The Morgan fingerprint density at radius 1 is 1.42 bits per heavy atom. The summed E-state index contributed by atoms with van der Waals surface area (Å²) < 4.78 is 4.96. The lowest BCUT2D eigenvalue weighted by atomic mass is 10.2. The summed E-state index contributed by atoms with van der Waals surface area (Å²) in [7, 11) is 1.91. The lowest BCUT2D eigenvalue weighted by Crippen LogP contribution is -2.16. The molecule has 19 heavy (non-hydrogen) atoms. The maximum atomic E-state index is 10.7. The van der Waals surface area contributed by atoms with Crippen molar-refractivity contribution in [3.8, 4) is 0 Å². The zero-order valence-electron chi connectivity index (χ0n) is 10.3. The van der Waals surface area contributed by atoms with Crippen LogP contribution >= 0.6 is 11.6 Å². The second-order valence-corrected chi connectivity index (χ2v) is 4.72. The van der Waals surface area contributed by atoms with Crippen molar-refractivity contribution in [2.75, 3.05) is 7.05 Å². The smallest absolute Gasteiger partial charge is 0.358 e. The number of hydrogen-bond donors (Lipinski definition) is 1. The van der Waals surface area contributed by atoms with Gasteiger partial charge < -0.3 is 9.63 Å². The molecular formula is C13H13ClN2O3. The molecule has 0 radical (unpaired) electrons. The summed E-state index contributed by atoms with van der Waals surface area (Å²) in [5.74, 6) is -0.575. The van der Waals surface area contributed by atoms with Crippen LogP contribution in [-0.4, -0.2) is 28.2 Å². The highest BCUT2D eigenvalue weighted by atomic mass is 35.5. The second-order valence-electron chi connectivity index (χ2n) is 4.29. The van der Waals surface area contributed by atoms with Gasteiger partial charge in [-0.25, -0.2) is 4.79 Å². The number of aromatic nitrogens is 1. The minimum Gasteiger partial charge on any atom is -0.476 e. The van der Waals surface area contributed by atoms with Crippen LogP contribution in [0, 0.1) is 0 Å². The number of aromatic carboxylic acids is 1. The van der Waals surface area contributed by atoms with Crippen molar-refractivity contribution in [3.63, 3.8) is 0 Å². The zero-order chi connectivity index (χ0) is 13.8. The van der Waals surface area contributed by atoms with Gasteiger partial charge in [-0.3, -0.25) is 4.90 Å². The Morgan fingerprint density at radius 2 is 2.21 bits per heavy atom. The number of nitrogens with zero attached hydrogens (tertiary/aromatic N) is 2. The van der Waals surface area contributed by atoms with E-state index in [0.29, 0.717) is 23.9 Å². The van der Waals surface area contributed by atoms with Crippen molar-refractivity contribution in [1.29, 1.82) is 0 Å². The maximum Gasteiger partial charge on any atom is 0.358 e. The number of carbonyl (C=O) groups is 1. The molecule has 6 heteroatoms. The topological polar surface area (TPSA) is 66.6 Å². The molecule has 1 heterocycles. The van der Waals surface area contributed by atoms with Crippen LogP contribution in [-0.2, 0) is 13.1 Å². The van der Waals surface area contributed by atoms with Crippen molar-refractivity contribution >= 4 is 17.6 Å². The molecular weight excluding hydrogens is 268 g/mol. The van der Waals surface area contributed by atoms with Crippen LogP contribution in [0.5, 0.6) is 0 Å². The molecule has 0 spiro atoms. The summed E-state index contributed by atoms with van der Waals surface area (Å²) in [5.41, 5.74) is 0.999. The SMILES string of the molecule is CN(Cc1cccc(Cl)c1)Cc1cc(C(=O)O)no1. The van der Waals surface area contributed by atoms with Crippen LogP contribution in [0.1, 0.15) is 21.8 Å². The quantitative estimate of drug-likeness (QED) is 0.912. The summed E-state index contributed by atoms with van der Waals surface area (Å²) in [6.07, 6.45) is 0. The van der Waals surface area contributed by atoms with E-state index >= 15 is 0 Å². The highest BCUT2D eigenvalue weighted by Crippen LogP contribution is 2.14. The summed E-state index contributed by atoms with van der Waals surface area (Å²) >= 11 is 5.91. The molecule has 0 amide bonds. The van der Waals surface area contributed by atoms with E-state index in [1.165, 1.54) is 6.07 Å². The first-order chi connectivity index (χ1) is 9.04. The molecule has 0 fully saturated rings. The lowest BCUT2D eigenvalue weighted by Gasteiger charge is -2.14. The fourth-order valence-electron chi connectivity index (χ4n) is 1.76. The zero-order valence-corrected chi connectivity index (χ0v) is 11.1. The van der Waals surface area contributed by atoms with Crippen molar-refractivity contribution < 1.29 is 14.4 Å². The minimum absolute atomic E-state index is 0.0776. The second kappa shape index (κ2) is 5.86. The van der Waals surface area contributed by atoms with Gasteiger partial charge in [0, 0.05) is 17.6 Å². The molecule has 0 saturated carbocycles. The van der Waals surface area contributed by atoms with E-state index in [9.17, 15) is 4.79 Å². The van der Waals surface area contributed by atoms with Crippen LogP contribution in [0.3, 0.4) is 0 Å². The number of benzene rings is 1.